The number of ether oxygens (including phenoxy) is 1. The molecule has 2 aromatic carbocycles. The van der Waals surface area contributed by atoms with Crippen molar-refractivity contribution in [2.75, 3.05) is 43.0 Å². The Bertz CT molecular complexity index is 1020. The Kier molecular flexibility index (Phi) is 8.09. The Morgan fingerprint density at radius 1 is 1.09 bits per heavy atom. The smallest absolute Gasteiger partial charge is 0.243 e. The number of carbonyl (C=O) groups is 1. The van der Waals surface area contributed by atoms with E-state index < -0.39 is 10.0 Å². The third kappa shape index (κ3) is 5.77. The Morgan fingerprint density at radius 3 is 2.38 bits per heavy atom. The molecular formula is C23H30FN3O4S. The molecule has 2 aromatic rings. The molecule has 7 nitrogen and oxygen atoms in total. The molecule has 1 aliphatic rings. The van der Waals surface area contributed by atoms with Gasteiger partial charge in [-0.3, -0.25) is 4.79 Å². The van der Waals surface area contributed by atoms with E-state index in [1.807, 2.05) is 0 Å². The average molecular weight is 464 g/mol. The van der Waals surface area contributed by atoms with Crippen molar-refractivity contribution in [1.29, 1.82) is 0 Å². The summed E-state index contributed by atoms with van der Waals surface area (Å²) in [5, 5.41) is 2.87. The predicted octanol–water partition coefficient (Wildman–Crippen LogP) is 3.86. The molecule has 1 saturated heterocycles. The normalized spacial score (nSPS) is 14.1. The molecule has 1 amide bonds. The van der Waals surface area contributed by atoms with Crippen molar-refractivity contribution in [2.45, 2.75) is 38.0 Å². The number of nitrogens with zero attached hydrogens (tertiary/aromatic N) is 2. The molecule has 1 N–H and O–H groups in total. The Hall–Kier alpha value is -2.65. The van der Waals surface area contributed by atoms with Gasteiger partial charge in [-0.15, -0.1) is 0 Å². The number of carbonyl (C=O) groups excluding carboxylic acids is 1. The van der Waals surface area contributed by atoms with Crippen LogP contribution in [0.5, 0.6) is 5.75 Å². The second-order valence-electron chi connectivity index (χ2n) is 7.56. The molecule has 32 heavy (non-hydrogen) atoms. The maximum absolute atomic E-state index is 13.0. The van der Waals surface area contributed by atoms with Gasteiger partial charge in [-0.25, -0.2) is 12.8 Å². The fraction of sp³-hybridized carbons (Fsp3) is 0.435. The lowest BCUT2D eigenvalue weighted by atomic mass is 10.2. The molecule has 0 aromatic heterocycles. The molecular weight excluding hydrogens is 433 g/mol. The van der Waals surface area contributed by atoms with Gasteiger partial charge in [0.2, 0.25) is 15.9 Å². The van der Waals surface area contributed by atoms with Crippen LogP contribution in [0, 0.1) is 5.82 Å². The lowest BCUT2D eigenvalue weighted by molar-refractivity contribution is -0.116. The minimum Gasteiger partial charge on any atom is -0.493 e. The summed E-state index contributed by atoms with van der Waals surface area (Å²) in [7, 11) is -3.65. The maximum atomic E-state index is 13.0. The highest BCUT2D eigenvalue weighted by Crippen LogP contribution is 2.32. The van der Waals surface area contributed by atoms with Gasteiger partial charge in [0, 0.05) is 26.2 Å². The molecule has 9 heteroatoms. The summed E-state index contributed by atoms with van der Waals surface area (Å²) >= 11 is 0. The lowest BCUT2D eigenvalue weighted by Crippen LogP contribution is -2.31. The molecule has 0 radical (unpaired) electrons. The van der Waals surface area contributed by atoms with Crippen LogP contribution in [0.15, 0.2) is 47.4 Å². The summed E-state index contributed by atoms with van der Waals surface area (Å²) in [6.07, 6.45) is 2.18. The number of rotatable bonds is 10. The summed E-state index contributed by atoms with van der Waals surface area (Å²) in [6.45, 7) is 6.17. The van der Waals surface area contributed by atoms with Gasteiger partial charge < -0.3 is 15.0 Å². The number of amides is 1. The van der Waals surface area contributed by atoms with E-state index in [2.05, 4.69) is 10.2 Å². The molecule has 0 saturated carbocycles. The first-order chi connectivity index (χ1) is 15.3. The molecule has 0 atom stereocenters. The summed E-state index contributed by atoms with van der Waals surface area (Å²) in [5.74, 6) is -0.168. The molecule has 0 unspecified atom stereocenters. The number of benzene rings is 2. The standard InChI is InChI=1S/C23H30FN3O4S/c1-3-27(4-2)32(29,30)20-11-12-22(26-14-5-6-15-26)21(17-20)25-23(28)13-16-31-19-9-7-18(24)8-10-19/h7-12,17H,3-6,13-16H2,1-2H3,(H,25,28). The Morgan fingerprint density at radius 2 is 1.75 bits per heavy atom. The topological polar surface area (TPSA) is 79.0 Å². The van der Waals surface area contributed by atoms with Crippen LogP contribution in [-0.4, -0.2) is 51.4 Å². The fourth-order valence-corrected chi connectivity index (χ4v) is 5.21. The Balaban J connectivity index is 1.75. The first-order valence-corrected chi connectivity index (χ1v) is 12.4. The number of anilines is 2. The van der Waals surface area contributed by atoms with Gasteiger partial charge in [0.1, 0.15) is 11.6 Å². The van der Waals surface area contributed by atoms with E-state index in [4.69, 9.17) is 4.74 Å². The Labute approximate surface area is 189 Å². The summed E-state index contributed by atoms with van der Waals surface area (Å²) < 4.78 is 45.8. The number of halogens is 1. The van der Waals surface area contributed by atoms with Crippen molar-refractivity contribution in [3.8, 4) is 5.75 Å². The third-order valence-electron chi connectivity index (χ3n) is 5.44. The van der Waals surface area contributed by atoms with Crippen LogP contribution >= 0.6 is 0 Å². The summed E-state index contributed by atoms with van der Waals surface area (Å²) in [4.78, 5) is 14.9. The number of hydrogen-bond acceptors (Lipinski definition) is 5. The second kappa shape index (κ2) is 10.8. The van der Waals surface area contributed by atoms with Crippen molar-refractivity contribution in [3.05, 3.63) is 48.3 Å². The molecule has 3 rings (SSSR count). The van der Waals surface area contributed by atoms with Crippen LogP contribution in [0.1, 0.15) is 33.1 Å². The minimum atomic E-state index is -3.65. The van der Waals surface area contributed by atoms with E-state index in [9.17, 15) is 17.6 Å². The molecule has 0 spiro atoms. The van der Waals surface area contributed by atoms with Crippen LogP contribution in [-0.2, 0) is 14.8 Å². The van der Waals surface area contributed by atoms with Crippen LogP contribution in [0.4, 0.5) is 15.8 Å². The van der Waals surface area contributed by atoms with E-state index in [0.717, 1.165) is 31.6 Å². The quantitative estimate of drug-likeness (QED) is 0.579. The number of hydrogen-bond donors (Lipinski definition) is 1. The van der Waals surface area contributed by atoms with Gasteiger partial charge >= 0.3 is 0 Å². The third-order valence-corrected chi connectivity index (χ3v) is 7.49. The van der Waals surface area contributed by atoms with E-state index in [-0.39, 0.29) is 29.6 Å². The van der Waals surface area contributed by atoms with Gasteiger partial charge in [0.05, 0.1) is 29.3 Å². The van der Waals surface area contributed by atoms with Crippen LogP contribution in [0.3, 0.4) is 0 Å². The predicted molar refractivity (Wildman–Crippen MR) is 123 cm³/mol. The van der Waals surface area contributed by atoms with Crippen molar-refractivity contribution in [2.24, 2.45) is 0 Å². The van der Waals surface area contributed by atoms with E-state index in [1.54, 1.807) is 32.0 Å². The van der Waals surface area contributed by atoms with Gasteiger partial charge in [0.15, 0.2) is 0 Å². The molecule has 0 bridgehead atoms. The summed E-state index contributed by atoms with van der Waals surface area (Å²) in [5.41, 5.74) is 1.29. The van der Waals surface area contributed by atoms with E-state index in [0.29, 0.717) is 24.5 Å². The monoisotopic (exact) mass is 463 g/mol. The van der Waals surface area contributed by atoms with Crippen LogP contribution in [0.2, 0.25) is 0 Å². The van der Waals surface area contributed by atoms with Crippen LogP contribution in [0.25, 0.3) is 0 Å². The van der Waals surface area contributed by atoms with Crippen molar-refractivity contribution >= 4 is 27.3 Å². The molecule has 1 aliphatic heterocycles. The highest BCUT2D eigenvalue weighted by Gasteiger charge is 2.25. The fourth-order valence-electron chi connectivity index (χ4n) is 3.73. The molecule has 174 valence electrons. The minimum absolute atomic E-state index is 0.0733. The molecule has 1 fully saturated rings. The zero-order chi connectivity index (χ0) is 23.1. The zero-order valence-electron chi connectivity index (χ0n) is 18.5. The maximum Gasteiger partial charge on any atom is 0.243 e. The zero-order valence-corrected chi connectivity index (χ0v) is 19.3. The van der Waals surface area contributed by atoms with Gasteiger partial charge in [0.25, 0.3) is 0 Å². The lowest BCUT2D eigenvalue weighted by Gasteiger charge is -2.24. The van der Waals surface area contributed by atoms with Gasteiger partial charge in [-0.1, -0.05) is 13.8 Å². The first kappa shape index (κ1) is 24.0. The highest BCUT2D eigenvalue weighted by atomic mass is 32.2. The van der Waals surface area contributed by atoms with Crippen molar-refractivity contribution < 1.29 is 22.3 Å². The van der Waals surface area contributed by atoms with Gasteiger partial charge in [-0.05, 0) is 55.3 Å². The number of nitrogens with one attached hydrogen (secondary N) is 1. The van der Waals surface area contributed by atoms with E-state index >= 15 is 0 Å². The van der Waals surface area contributed by atoms with Crippen LogP contribution < -0.4 is 15.0 Å². The van der Waals surface area contributed by atoms with Gasteiger partial charge in [-0.2, -0.15) is 4.31 Å². The second-order valence-corrected chi connectivity index (χ2v) is 9.50. The number of sulfonamides is 1. The molecule has 1 heterocycles. The SMILES string of the molecule is CCN(CC)S(=O)(=O)c1ccc(N2CCCC2)c(NC(=O)CCOc2ccc(F)cc2)c1. The van der Waals surface area contributed by atoms with E-state index in [1.165, 1.54) is 28.6 Å². The first-order valence-electron chi connectivity index (χ1n) is 10.9. The largest absolute Gasteiger partial charge is 0.493 e. The average Bonchev–Trinajstić information content (AvgIpc) is 3.30. The summed E-state index contributed by atoms with van der Waals surface area (Å²) in [6, 6.07) is 10.5. The van der Waals surface area contributed by atoms with Crippen molar-refractivity contribution in [1.82, 2.24) is 4.31 Å². The molecule has 0 aliphatic carbocycles. The van der Waals surface area contributed by atoms with Crippen molar-refractivity contribution in [3.63, 3.8) is 0 Å². The highest BCUT2D eigenvalue weighted by molar-refractivity contribution is 7.89.